The highest BCUT2D eigenvalue weighted by Gasteiger charge is 2.39. The van der Waals surface area contributed by atoms with Crippen LogP contribution in [-0.2, 0) is 12.1 Å². The smallest absolute Gasteiger partial charge is 0.252 e. The summed E-state index contributed by atoms with van der Waals surface area (Å²) in [6, 6.07) is 7.48. The van der Waals surface area contributed by atoms with Gasteiger partial charge < -0.3 is 11.1 Å². The number of carbonyl (C=O) groups excluding carboxylic acids is 1. The lowest BCUT2D eigenvalue weighted by molar-refractivity contribution is 0.0898. The van der Waals surface area contributed by atoms with Crippen LogP contribution in [0, 0.1) is 0 Å². The lowest BCUT2D eigenvalue weighted by atomic mass is 9.97. The summed E-state index contributed by atoms with van der Waals surface area (Å²) in [5.41, 5.74) is 7.01. The first-order valence-corrected chi connectivity index (χ1v) is 8.13. The fraction of sp³-hybridized carbons (Fsp3) is 0.375. The van der Waals surface area contributed by atoms with Crippen LogP contribution in [-0.4, -0.2) is 10.9 Å². The zero-order valence-electron chi connectivity index (χ0n) is 11.8. The summed E-state index contributed by atoms with van der Waals surface area (Å²) in [4.78, 5) is 17.0. The second kappa shape index (κ2) is 5.95. The first kappa shape index (κ1) is 14.2. The Morgan fingerprint density at radius 1 is 1.29 bits per heavy atom. The normalized spacial score (nSPS) is 16.8. The number of nitrogens with two attached hydrogens (primary N) is 1. The molecular formula is C16H19N3OS. The summed E-state index contributed by atoms with van der Waals surface area (Å²) < 4.78 is 0. The molecule has 1 aliphatic rings. The van der Waals surface area contributed by atoms with Crippen molar-refractivity contribution in [1.82, 2.24) is 10.3 Å². The molecule has 1 aromatic heterocycles. The standard InChI is InChI=1S/C16H19N3OS/c17-11-12-3-5-13(6-4-12)14(20)19-16(7-1-2-8-16)15-18-9-10-21-15/h3-6,9-10H,1-2,7-8,11,17H2,(H,19,20). The van der Waals surface area contributed by atoms with E-state index in [0.29, 0.717) is 12.1 Å². The number of nitrogens with zero attached hydrogens (tertiary/aromatic N) is 1. The second-order valence-corrected chi connectivity index (χ2v) is 6.38. The van der Waals surface area contributed by atoms with Gasteiger partial charge in [0.05, 0.1) is 5.54 Å². The lowest BCUT2D eigenvalue weighted by Gasteiger charge is -2.28. The van der Waals surface area contributed by atoms with Gasteiger partial charge in [-0.3, -0.25) is 4.79 Å². The molecule has 1 aliphatic carbocycles. The molecule has 0 bridgehead atoms. The van der Waals surface area contributed by atoms with Crippen LogP contribution in [0.4, 0.5) is 0 Å². The van der Waals surface area contributed by atoms with Crippen LogP contribution in [0.15, 0.2) is 35.8 Å². The minimum Gasteiger partial charge on any atom is -0.340 e. The van der Waals surface area contributed by atoms with E-state index in [1.807, 2.05) is 35.8 Å². The molecule has 0 saturated heterocycles. The predicted octanol–water partition coefficient (Wildman–Crippen LogP) is 2.80. The number of aromatic nitrogens is 1. The van der Waals surface area contributed by atoms with Gasteiger partial charge in [-0.15, -0.1) is 11.3 Å². The largest absolute Gasteiger partial charge is 0.340 e. The Bertz CT molecular complexity index is 601. The first-order valence-electron chi connectivity index (χ1n) is 7.25. The number of carbonyl (C=O) groups is 1. The predicted molar refractivity (Wildman–Crippen MR) is 84.1 cm³/mol. The molecule has 4 nitrogen and oxygen atoms in total. The van der Waals surface area contributed by atoms with E-state index < -0.39 is 0 Å². The molecule has 1 aromatic carbocycles. The van der Waals surface area contributed by atoms with Gasteiger partial charge in [-0.25, -0.2) is 4.98 Å². The van der Waals surface area contributed by atoms with Crippen molar-refractivity contribution < 1.29 is 4.79 Å². The molecule has 3 rings (SSSR count). The maximum absolute atomic E-state index is 12.5. The average Bonchev–Trinajstić information content (AvgIpc) is 3.19. The fourth-order valence-corrected chi connectivity index (χ4v) is 3.77. The van der Waals surface area contributed by atoms with Gasteiger partial charge in [-0.05, 0) is 30.5 Å². The quantitative estimate of drug-likeness (QED) is 0.912. The van der Waals surface area contributed by atoms with Crippen LogP contribution in [0.5, 0.6) is 0 Å². The van der Waals surface area contributed by atoms with Gasteiger partial charge >= 0.3 is 0 Å². The van der Waals surface area contributed by atoms with E-state index in [9.17, 15) is 4.79 Å². The number of hydrogen-bond donors (Lipinski definition) is 2. The van der Waals surface area contributed by atoms with Crippen LogP contribution < -0.4 is 11.1 Å². The Kier molecular flexibility index (Phi) is 4.03. The highest BCUT2D eigenvalue weighted by molar-refractivity contribution is 7.09. The lowest BCUT2D eigenvalue weighted by Crippen LogP contribution is -2.43. The summed E-state index contributed by atoms with van der Waals surface area (Å²) in [7, 11) is 0. The molecule has 0 radical (unpaired) electrons. The highest BCUT2D eigenvalue weighted by atomic mass is 32.1. The third kappa shape index (κ3) is 2.84. The van der Waals surface area contributed by atoms with Gasteiger partial charge in [-0.2, -0.15) is 0 Å². The van der Waals surface area contributed by atoms with Gasteiger partial charge in [0.15, 0.2) is 0 Å². The number of amides is 1. The minimum atomic E-state index is -0.280. The van der Waals surface area contributed by atoms with Crippen molar-refractivity contribution >= 4 is 17.2 Å². The number of nitrogens with one attached hydrogen (secondary N) is 1. The molecule has 0 aliphatic heterocycles. The number of benzene rings is 1. The van der Waals surface area contributed by atoms with Crippen LogP contribution in [0.25, 0.3) is 0 Å². The highest BCUT2D eigenvalue weighted by Crippen LogP contribution is 2.39. The Labute approximate surface area is 128 Å². The van der Waals surface area contributed by atoms with Gasteiger partial charge in [-0.1, -0.05) is 25.0 Å². The SMILES string of the molecule is NCc1ccc(C(=O)NC2(c3nccs3)CCCC2)cc1. The minimum absolute atomic E-state index is 0.0318. The molecule has 5 heteroatoms. The van der Waals surface area contributed by atoms with Crippen LogP contribution in [0.1, 0.15) is 46.6 Å². The van der Waals surface area contributed by atoms with Crippen molar-refractivity contribution in [1.29, 1.82) is 0 Å². The van der Waals surface area contributed by atoms with Crippen LogP contribution in [0.3, 0.4) is 0 Å². The van der Waals surface area contributed by atoms with Crippen molar-refractivity contribution in [3.05, 3.63) is 52.0 Å². The van der Waals surface area contributed by atoms with E-state index in [0.717, 1.165) is 36.3 Å². The van der Waals surface area contributed by atoms with E-state index in [1.54, 1.807) is 11.3 Å². The number of rotatable bonds is 4. The Morgan fingerprint density at radius 2 is 2.00 bits per heavy atom. The fourth-order valence-electron chi connectivity index (χ4n) is 2.91. The van der Waals surface area contributed by atoms with E-state index in [4.69, 9.17) is 5.73 Å². The molecule has 2 aromatic rings. The molecule has 1 fully saturated rings. The maximum atomic E-state index is 12.5. The summed E-state index contributed by atoms with van der Waals surface area (Å²) in [6.45, 7) is 0.491. The van der Waals surface area contributed by atoms with E-state index in [1.165, 1.54) is 0 Å². The molecule has 0 spiro atoms. The molecule has 0 atom stereocenters. The molecule has 1 saturated carbocycles. The summed E-state index contributed by atoms with van der Waals surface area (Å²) in [6.07, 6.45) is 6.00. The van der Waals surface area contributed by atoms with Gasteiger partial charge in [0.25, 0.3) is 5.91 Å². The van der Waals surface area contributed by atoms with E-state index >= 15 is 0 Å². The van der Waals surface area contributed by atoms with Gasteiger partial charge in [0.1, 0.15) is 5.01 Å². The molecular weight excluding hydrogens is 282 g/mol. The molecule has 3 N–H and O–H groups in total. The van der Waals surface area contributed by atoms with Crippen molar-refractivity contribution in [2.75, 3.05) is 0 Å². The third-order valence-corrected chi connectivity index (χ3v) is 5.08. The number of thiazole rings is 1. The monoisotopic (exact) mass is 301 g/mol. The van der Waals surface area contributed by atoms with Crippen molar-refractivity contribution in [3.8, 4) is 0 Å². The van der Waals surface area contributed by atoms with Crippen molar-refractivity contribution in [3.63, 3.8) is 0 Å². The van der Waals surface area contributed by atoms with Crippen molar-refractivity contribution in [2.24, 2.45) is 5.73 Å². The second-order valence-electron chi connectivity index (χ2n) is 5.48. The molecule has 1 amide bonds. The zero-order chi connectivity index (χ0) is 14.7. The topological polar surface area (TPSA) is 68.0 Å². The Hall–Kier alpha value is -1.72. The molecule has 1 heterocycles. The molecule has 110 valence electrons. The number of hydrogen-bond acceptors (Lipinski definition) is 4. The Balaban J connectivity index is 1.81. The Morgan fingerprint density at radius 3 is 2.57 bits per heavy atom. The first-order chi connectivity index (χ1) is 10.2. The third-order valence-electron chi connectivity index (χ3n) is 4.10. The van der Waals surface area contributed by atoms with E-state index in [-0.39, 0.29) is 11.4 Å². The molecule has 21 heavy (non-hydrogen) atoms. The van der Waals surface area contributed by atoms with Crippen LogP contribution >= 0.6 is 11.3 Å². The maximum Gasteiger partial charge on any atom is 0.252 e. The van der Waals surface area contributed by atoms with E-state index in [2.05, 4.69) is 10.3 Å². The average molecular weight is 301 g/mol. The summed E-state index contributed by atoms with van der Waals surface area (Å²) >= 11 is 1.62. The summed E-state index contributed by atoms with van der Waals surface area (Å²) in [5, 5.41) is 6.22. The van der Waals surface area contributed by atoms with Gasteiger partial charge in [0, 0.05) is 23.7 Å². The van der Waals surface area contributed by atoms with Crippen LogP contribution in [0.2, 0.25) is 0 Å². The summed E-state index contributed by atoms with van der Waals surface area (Å²) in [5.74, 6) is -0.0318. The molecule has 0 unspecified atom stereocenters. The zero-order valence-corrected chi connectivity index (χ0v) is 12.7. The van der Waals surface area contributed by atoms with Crippen molar-refractivity contribution in [2.45, 2.75) is 37.8 Å². The van der Waals surface area contributed by atoms with Gasteiger partial charge in [0.2, 0.25) is 0 Å².